The Kier molecular flexibility index (Phi) is 5.63. The molecule has 0 aromatic heterocycles. The SMILES string of the molecule is CC(C)N(C[C@@H](N)Cc1ccc(N)cc1)C(C)C. The summed E-state index contributed by atoms with van der Waals surface area (Å²) in [7, 11) is 0. The zero-order chi connectivity index (χ0) is 13.7. The Morgan fingerprint density at radius 3 is 1.94 bits per heavy atom. The van der Waals surface area contributed by atoms with Crippen molar-refractivity contribution in [3.05, 3.63) is 29.8 Å². The maximum atomic E-state index is 6.25. The van der Waals surface area contributed by atoms with Gasteiger partial charge in [0.2, 0.25) is 0 Å². The third-order valence-corrected chi connectivity index (χ3v) is 3.25. The first kappa shape index (κ1) is 15.0. The molecule has 0 saturated heterocycles. The first-order chi connectivity index (χ1) is 8.40. The molecule has 0 heterocycles. The number of nitrogens with zero attached hydrogens (tertiary/aromatic N) is 1. The van der Waals surface area contributed by atoms with Gasteiger partial charge in [0, 0.05) is 30.4 Å². The van der Waals surface area contributed by atoms with Gasteiger partial charge in [0.05, 0.1) is 0 Å². The molecular weight excluding hydrogens is 222 g/mol. The molecule has 0 aliphatic rings. The zero-order valence-electron chi connectivity index (χ0n) is 12.1. The summed E-state index contributed by atoms with van der Waals surface area (Å²) in [4.78, 5) is 2.43. The summed E-state index contributed by atoms with van der Waals surface area (Å²) in [6.45, 7) is 9.80. The van der Waals surface area contributed by atoms with E-state index in [4.69, 9.17) is 11.5 Å². The van der Waals surface area contributed by atoms with Gasteiger partial charge >= 0.3 is 0 Å². The molecule has 4 N–H and O–H groups in total. The minimum absolute atomic E-state index is 0.165. The first-order valence-corrected chi connectivity index (χ1v) is 6.76. The standard InChI is InChI=1S/C15H27N3/c1-11(2)18(12(3)4)10-15(17)9-13-5-7-14(16)8-6-13/h5-8,11-12,15H,9-10,16-17H2,1-4H3/t15-/m0/s1. The highest BCUT2D eigenvalue weighted by molar-refractivity contribution is 5.39. The Morgan fingerprint density at radius 2 is 1.50 bits per heavy atom. The summed E-state index contributed by atoms with van der Waals surface area (Å²) >= 11 is 0. The molecule has 0 unspecified atom stereocenters. The third kappa shape index (κ3) is 4.67. The predicted molar refractivity (Wildman–Crippen MR) is 79.5 cm³/mol. The van der Waals surface area contributed by atoms with Gasteiger partial charge < -0.3 is 11.5 Å². The van der Waals surface area contributed by atoms with Crippen molar-refractivity contribution < 1.29 is 0 Å². The van der Waals surface area contributed by atoms with Crippen LogP contribution >= 0.6 is 0 Å². The highest BCUT2D eigenvalue weighted by Crippen LogP contribution is 2.10. The van der Waals surface area contributed by atoms with Crippen LogP contribution in [0, 0.1) is 0 Å². The summed E-state index contributed by atoms with van der Waals surface area (Å²) in [5, 5.41) is 0. The lowest BCUT2D eigenvalue weighted by molar-refractivity contribution is 0.164. The summed E-state index contributed by atoms with van der Waals surface area (Å²) in [6, 6.07) is 9.22. The van der Waals surface area contributed by atoms with Crippen LogP contribution < -0.4 is 11.5 Å². The number of anilines is 1. The van der Waals surface area contributed by atoms with Crippen molar-refractivity contribution in [2.24, 2.45) is 5.73 Å². The van der Waals surface area contributed by atoms with Crippen LogP contribution in [0.4, 0.5) is 5.69 Å². The molecule has 3 heteroatoms. The van der Waals surface area contributed by atoms with Crippen molar-refractivity contribution in [2.45, 2.75) is 52.2 Å². The van der Waals surface area contributed by atoms with Gasteiger partial charge in [-0.05, 0) is 51.8 Å². The fraction of sp³-hybridized carbons (Fsp3) is 0.600. The third-order valence-electron chi connectivity index (χ3n) is 3.25. The monoisotopic (exact) mass is 249 g/mol. The molecule has 1 rings (SSSR count). The van der Waals surface area contributed by atoms with Gasteiger partial charge in [-0.1, -0.05) is 12.1 Å². The van der Waals surface area contributed by atoms with E-state index in [0.717, 1.165) is 18.7 Å². The van der Waals surface area contributed by atoms with E-state index in [1.54, 1.807) is 0 Å². The predicted octanol–water partition coefficient (Wildman–Crippen LogP) is 2.26. The number of hydrogen-bond acceptors (Lipinski definition) is 3. The van der Waals surface area contributed by atoms with E-state index in [2.05, 4.69) is 44.7 Å². The minimum atomic E-state index is 0.165. The topological polar surface area (TPSA) is 55.3 Å². The molecule has 0 amide bonds. The van der Waals surface area contributed by atoms with Gasteiger partial charge in [-0.25, -0.2) is 0 Å². The number of benzene rings is 1. The van der Waals surface area contributed by atoms with Gasteiger partial charge in [-0.15, -0.1) is 0 Å². The van der Waals surface area contributed by atoms with Crippen LogP contribution in [-0.2, 0) is 6.42 Å². The van der Waals surface area contributed by atoms with Gasteiger partial charge in [0.15, 0.2) is 0 Å². The molecule has 0 aliphatic heterocycles. The van der Waals surface area contributed by atoms with Crippen LogP contribution in [0.2, 0.25) is 0 Å². The second kappa shape index (κ2) is 6.76. The van der Waals surface area contributed by atoms with E-state index in [0.29, 0.717) is 12.1 Å². The Hall–Kier alpha value is -1.06. The largest absolute Gasteiger partial charge is 0.399 e. The lowest BCUT2D eigenvalue weighted by Gasteiger charge is -2.32. The molecule has 0 bridgehead atoms. The molecule has 1 aromatic carbocycles. The quantitative estimate of drug-likeness (QED) is 0.760. The Morgan fingerprint density at radius 1 is 1.00 bits per heavy atom. The minimum Gasteiger partial charge on any atom is -0.399 e. The summed E-state index contributed by atoms with van der Waals surface area (Å²) in [5.74, 6) is 0. The second-order valence-electron chi connectivity index (χ2n) is 5.59. The van der Waals surface area contributed by atoms with E-state index in [9.17, 15) is 0 Å². The Labute approximate surface area is 111 Å². The molecule has 0 spiro atoms. The van der Waals surface area contributed by atoms with Crippen LogP contribution in [-0.4, -0.2) is 29.6 Å². The van der Waals surface area contributed by atoms with Crippen LogP contribution in [0.15, 0.2) is 24.3 Å². The first-order valence-electron chi connectivity index (χ1n) is 6.76. The van der Waals surface area contributed by atoms with E-state index >= 15 is 0 Å². The second-order valence-corrected chi connectivity index (χ2v) is 5.59. The van der Waals surface area contributed by atoms with Gasteiger partial charge in [-0.2, -0.15) is 0 Å². The normalized spacial score (nSPS) is 13.6. The van der Waals surface area contributed by atoms with E-state index < -0.39 is 0 Å². The summed E-state index contributed by atoms with van der Waals surface area (Å²) < 4.78 is 0. The van der Waals surface area contributed by atoms with Gasteiger partial charge in [-0.3, -0.25) is 4.90 Å². The van der Waals surface area contributed by atoms with Crippen molar-refractivity contribution in [2.75, 3.05) is 12.3 Å². The average Bonchev–Trinajstić information content (AvgIpc) is 2.28. The average molecular weight is 249 g/mol. The van der Waals surface area contributed by atoms with Crippen molar-refractivity contribution >= 4 is 5.69 Å². The molecule has 1 aromatic rings. The fourth-order valence-electron chi connectivity index (χ4n) is 2.31. The maximum absolute atomic E-state index is 6.25. The van der Waals surface area contributed by atoms with Crippen LogP contribution in [0.3, 0.4) is 0 Å². The number of nitrogen functional groups attached to an aromatic ring is 1. The molecule has 1 atom stereocenters. The van der Waals surface area contributed by atoms with E-state index in [1.165, 1.54) is 5.56 Å². The molecular formula is C15H27N3. The van der Waals surface area contributed by atoms with Crippen molar-refractivity contribution in [1.29, 1.82) is 0 Å². The van der Waals surface area contributed by atoms with Crippen molar-refractivity contribution in [1.82, 2.24) is 4.90 Å². The van der Waals surface area contributed by atoms with E-state index in [1.807, 2.05) is 12.1 Å². The van der Waals surface area contributed by atoms with Crippen LogP contribution in [0.1, 0.15) is 33.3 Å². The summed E-state index contributed by atoms with van der Waals surface area (Å²) in [5.41, 5.74) is 14.0. The highest BCUT2D eigenvalue weighted by atomic mass is 15.2. The molecule has 3 nitrogen and oxygen atoms in total. The lowest BCUT2D eigenvalue weighted by Crippen LogP contribution is -2.45. The van der Waals surface area contributed by atoms with Crippen molar-refractivity contribution in [3.63, 3.8) is 0 Å². The molecule has 0 radical (unpaired) electrons. The number of nitrogens with two attached hydrogens (primary N) is 2. The molecule has 0 saturated carbocycles. The molecule has 18 heavy (non-hydrogen) atoms. The molecule has 0 fully saturated rings. The molecule has 102 valence electrons. The zero-order valence-corrected chi connectivity index (χ0v) is 12.1. The molecule has 0 aliphatic carbocycles. The highest BCUT2D eigenvalue weighted by Gasteiger charge is 2.16. The van der Waals surface area contributed by atoms with Gasteiger partial charge in [0.25, 0.3) is 0 Å². The smallest absolute Gasteiger partial charge is 0.0314 e. The Balaban J connectivity index is 2.54. The lowest BCUT2D eigenvalue weighted by atomic mass is 10.0. The fourth-order valence-corrected chi connectivity index (χ4v) is 2.31. The van der Waals surface area contributed by atoms with E-state index in [-0.39, 0.29) is 6.04 Å². The van der Waals surface area contributed by atoms with Gasteiger partial charge in [0.1, 0.15) is 0 Å². The number of rotatable bonds is 6. The number of hydrogen-bond donors (Lipinski definition) is 2. The Bertz CT molecular complexity index is 335. The van der Waals surface area contributed by atoms with Crippen molar-refractivity contribution in [3.8, 4) is 0 Å². The summed E-state index contributed by atoms with van der Waals surface area (Å²) in [6.07, 6.45) is 0.899. The maximum Gasteiger partial charge on any atom is 0.0314 e. The van der Waals surface area contributed by atoms with Crippen LogP contribution in [0.25, 0.3) is 0 Å². The van der Waals surface area contributed by atoms with Crippen LogP contribution in [0.5, 0.6) is 0 Å².